The lowest BCUT2D eigenvalue weighted by Gasteiger charge is -2.12. The normalized spacial score (nSPS) is 12.1. The maximum atomic E-state index is 12.3. The highest BCUT2D eigenvalue weighted by Crippen LogP contribution is 2.25. The second-order valence-electron chi connectivity index (χ2n) is 5.59. The van der Waals surface area contributed by atoms with E-state index in [2.05, 4.69) is 5.32 Å². The molecule has 0 saturated heterocycles. The third-order valence-electron chi connectivity index (χ3n) is 3.84. The Morgan fingerprint density at radius 3 is 2.38 bits per heavy atom. The van der Waals surface area contributed by atoms with Gasteiger partial charge in [-0.15, -0.1) is 0 Å². The standard InChI is InChI=1S/C19H17NO3S/c1-13-8-10-15(11-9-13)20-19(21)12-14-4-2-6-17-16(14)5-3-7-18(17)24(22)23/h2-11H,12H2,1H3,(H,20,21)(H,22,23)/p-1. The molecular formula is C19H16NO3S-. The third-order valence-corrected chi connectivity index (χ3v) is 4.55. The van der Waals surface area contributed by atoms with Gasteiger partial charge in [0, 0.05) is 10.6 Å². The summed E-state index contributed by atoms with van der Waals surface area (Å²) in [7, 11) is 0. The van der Waals surface area contributed by atoms with Gasteiger partial charge in [-0.25, -0.2) is 0 Å². The molecule has 0 spiro atoms. The van der Waals surface area contributed by atoms with Crippen molar-refractivity contribution >= 4 is 33.4 Å². The van der Waals surface area contributed by atoms with Crippen molar-refractivity contribution in [1.82, 2.24) is 0 Å². The van der Waals surface area contributed by atoms with Crippen molar-refractivity contribution in [2.75, 3.05) is 5.32 Å². The number of nitrogens with one attached hydrogen (secondary N) is 1. The van der Waals surface area contributed by atoms with Crippen LogP contribution in [-0.2, 0) is 22.3 Å². The second-order valence-corrected chi connectivity index (χ2v) is 6.50. The summed E-state index contributed by atoms with van der Waals surface area (Å²) in [4.78, 5) is 12.5. The van der Waals surface area contributed by atoms with Crippen LogP contribution in [0.5, 0.6) is 0 Å². The van der Waals surface area contributed by atoms with E-state index < -0.39 is 11.1 Å². The molecule has 122 valence electrons. The summed E-state index contributed by atoms with van der Waals surface area (Å²) < 4.78 is 22.7. The molecule has 0 aliphatic heterocycles. The Balaban J connectivity index is 1.87. The highest BCUT2D eigenvalue weighted by atomic mass is 32.2. The first kappa shape index (κ1) is 16.4. The summed E-state index contributed by atoms with van der Waals surface area (Å²) in [6, 6.07) is 18.0. The topological polar surface area (TPSA) is 69.2 Å². The molecule has 1 unspecified atom stereocenters. The van der Waals surface area contributed by atoms with Crippen LogP contribution in [0.3, 0.4) is 0 Å². The number of aryl methyl sites for hydroxylation is 1. The van der Waals surface area contributed by atoms with Crippen molar-refractivity contribution in [3.63, 3.8) is 0 Å². The molecule has 1 N–H and O–H groups in total. The van der Waals surface area contributed by atoms with Gasteiger partial charge >= 0.3 is 0 Å². The molecule has 1 atom stereocenters. The van der Waals surface area contributed by atoms with Gasteiger partial charge in [-0.1, -0.05) is 48.0 Å². The second kappa shape index (κ2) is 6.95. The molecule has 0 saturated carbocycles. The number of hydrogen-bond donors (Lipinski definition) is 1. The number of hydrogen-bond acceptors (Lipinski definition) is 3. The van der Waals surface area contributed by atoms with Crippen LogP contribution in [0.1, 0.15) is 11.1 Å². The van der Waals surface area contributed by atoms with Gasteiger partial charge in [0.05, 0.1) is 6.42 Å². The quantitative estimate of drug-likeness (QED) is 0.739. The zero-order valence-electron chi connectivity index (χ0n) is 13.1. The highest BCUT2D eigenvalue weighted by molar-refractivity contribution is 7.79. The first-order valence-electron chi connectivity index (χ1n) is 7.51. The molecule has 5 heteroatoms. The fraction of sp³-hybridized carbons (Fsp3) is 0.105. The van der Waals surface area contributed by atoms with Crippen molar-refractivity contribution in [3.05, 3.63) is 71.8 Å². The molecule has 0 fully saturated rings. The van der Waals surface area contributed by atoms with Crippen LogP contribution in [-0.4, -0.2) is 14.7 Å². The lowest BCUT2D eigenvalue weighted by molar-refractivity contribution is -0.115. The van der Waals surface area contributed by atoms with Crippen molar-refractivity contribution in [3.8, 4) is 0 Å². The van der Waals surface area contributed by atoms with E-state index in [-0.39, 0.29) is 17.2 Å². The Kier molecular flexibility index (Phi) is 4.74. The van der Waals surface area contributed by atoms with Crippen LogP contribution in [0, 0.1) is 6.92 Å². The first-order valence-corrected chi connectivity index (χ1v) is 8.58. The molecule has 0 bridgehead atoms. The summed E-state index contributed by atoms with van der Waals surface area (Å²) in [5.74, 6) is -0.139. The lowest BCUT2D eigenvalue weighted by Crippen LogP contribution is -2.14. The van der Waals surface area contributed by atoms with Crippen molar-refractivity contribution in [2.45, 2.75) is 18.2 Å². The largest absolute Gasteiger partial charge is 0.768 e. The Labute approximate surface area is 142 Å². The number of rotatable bonds is 4. The van der Waals surface area contributed by atoms with E-state index in [4.69, 9.17) is 0 Å². The van der Waals surface area contributed by atoms with E-state index in [9.17, 15) is 13.6 Å². The number of benzene rings is 3. The minimum atomic E-state index is -2.31. The van der Waals surface area contributed by atoms with E-state index in [0.29, 0.717) is 5.39 Å². The van der Waals surface area contributed by atoms with Gasteiger partial charge < -0.3 is 9.87 Å². The molecule has 3 aromatic carbocycles. The number of fused-ring (bicyclic) bond motifs is 1. The monoisotopic (exact) mass is 338 g/mol. The van der Waals surface area contributed by atoms with E-state index in [1.807, 2.05) is 43.3 Å². The molecule has 1 amide bonds. The van der Waals surface area contributed by atoms with E-state index in [1.165, 1.54) is 0 Å². The molecule has 0 aliphatic carbocycles. The summed E-state index contributed by atoms with van der Waals surface area (Å²) in [5, 5.41) is 4.27. The third kappa shape index (κ3) is 3.53. The summed E-state index contributed by atoms with van der Waals surface area (Å²) in [5.41, 5.74) is 2.66. The Morgan fingerprint density at radius 2 is 1.67 bits per heavy atom. The van der Waals surface area contributed by atoms with Gasteiger partial charge in [-0.05, 0) is 52.5 Å². The van der Waals surface area contributed by atoms with E-state index >= 15 is 0 Å². The average Bonchev–Trinajstić information content (AvgIpc) is 2.56. The van der Waals surface area contributed by atoms with Gasteiger partial charge in [0.25, 0.3) is 0 Å². The van der Waals surface area contributed by atoms with Gasteiger partial charge in [0.15, 0.2) is 0 Å². The average molecular weight is 338 g/mol. The van der Waals surface area contributed by atoms with Crippen LogP contribution in [0.2, 0.25) is 0 Å². The van der Waals surface area contributed by atoms with E-state index in [0.717, 1.165) is 22.2 Å². The molecule has 0 aromatic heterocycles. The minimum absolute atomic E-state index is 0.139. The summed E-state index contributed by atoms with van der Waals surface area (Å²) in [6.07, 6.45) is 0.181. The van der Waals surface area contributed by atoms with Crippen LogP contribution < -0.4 is 5.32 Å². The molecule has 0 radical (unpaired) electrons. The smallest absolute Gasteiger partial charge is 0.228 e. The minimum Gasteiger partial charge on any atom is -0.768 e. The number of carbonyl (C=O) groups excluding carboxylic acids is 1. The molecule has 24 heavy (non-hydrogen) atoms. The van der Waals surface area contributed by atoms with Crippen LogP contribution in [0.25, 0.3) is 10.8 Å². The van der Waals surface area contributed by atoms with E-state index in [1.54, 1.807) is 24.3 Å². The SMILES string of the molecule is Cc1ccc(NC(=O)Cc2cccc3c(S(=O)[O-])cccc23)cc1. The van der Waals surface area contributed by atoms with Crippen molar-refractivity contribution in [1.29, 1.82) is 0 Å². The predicted molar refractivity (Wildman–Crippen MR) is 94.6 cm³/mol. The van der Waals surface area contributed by atoms with Crippen LogP contribution in [0.15, 0.2) is 65.6 Å². The van der Waals surface area contributed by atoms with Gasteiger partial charge in [-0.2, -0.15) is 0 Å². The summed E-state index contributed by atoms with van der Waals surface area (Å²) in [6.45, 7) is 1.99. The number of amides is 1. The summed E-state index contributed by atoms with van der Waals surface area (Å²) >= 11 is -2.31. The van der Waals surface area contributed by atoms with Crippen LogP contribution in [0.4, 0.5) is 5.69 Å². The first-order chi connectivity index (χ1) is 11.5. The Hall–Kier alpha value is -2.50. The Morgan fingerprint density at radius 1 is 1.00 bits per heavy atom. The van der Waals surface area contributed by atoms with Crippen molar-refractivity contribution in [2.24, 2.45) is 0 Å². The van der Waals surface area contributed by atoms with Gasteiger partial charge in [-0.3, -0.25) is 9.00 Å². The lowest BCUT2D eigenvalue weighted by atomic mass is 10.0. The van der Waals surface area contributed by atoms with Crippen molar-refractivity contribution < 1.29 is 13.6 Å². The number of anilines is 1. The molecule has 3 rings (SSSR count). The molecule has 0 aliphatic rings. The molecule has 3 aromatic rings. The maximum absolute atomic E-state index is 12.3. The molecular weight excluding hydrogens is 322 g/mol. The molecule has 4 nitrogen and oxygen atoms in total. The zero-order chi connectivity index (χ0) is 17.1. The molecule has 0 heterocycles. The fourth-order valence-electron chi connectivity index (χ4n) is 2.66. The van der Waals surface area contributed by atoms with Gasteiger partial charge in [0.1, 0.15) is 0 Å². The van der Waals surface area contributed by atoms with Gasteiger partial charge in [0.2, 0.25) is 5.91 Å². The van der Waals surface area contributed by atoms with Crippen LogP contribution >= 0.6 is 0 Å². The Bertz CT molecular complexity index is 920. The fourth-order valence-corrected chi connectivity index (χ4v) is 3.21. The number of carbonyl (C=O) groups is 1. The predicted octanol–water partition coefficient (Wildman–Crippen LogP) is 3.57. The zero-order valence-corrected chi connectivity index (χ0v) is 13.9. The maximum Gasteiger partial charge on any atom is 0.228 e. The highest BCUT2D eigenvalue weighted by Gasteiger charge is 2.09.